The van der Waals surface area contributed by atoms with Gasteiger partial charge >= 0.3 is 5.97 Å². The zero-order valence-corrected chi connectivity index (χ0v) is 10.7. The van der Waals surface area contributed by atoms with Crippen LogP contribution in [0.2, 0.25) is 0 Å². The Labute approximate surface area is 102 Å². The molecule has 0 spiro atoms. The highest BCUT2D eigenvalue weighted by molar-refractivity contribution is 6.63. The molecule has 0 unspecified atom stereocenters. The second-order valence-electron chi connectivity index (χ2n) is 3.92. The largest absolute Gasteiger partial charge is 0.466 e. The molecular weight excluding hydrogens is 228 g/mol. The van der Waals surface area contributed by atoms with Crippen molar-refractivity contribution in [3.63, 3.8) is 0 Å². The highest BCUT2D eigenvalue weighted by Crippen LogP contribution is 2.09. The molecular formula is C12H21ClO3. The van der Waals surface area contributed by atoms with Gasteiger partial charge in [-0.3, -0.25) is 9.59 Å². The fraction of sp³-hybridized carbons (Fsp3) is 0.833. The summed E-state index contributed by atoms with van der Waals surface area (Å²) in [4.78, 5) is 20.9. The molecule has 0 rings (SSSR count). The van der Waals surface area contributed by atoms with E-state index in [0.717, 1.165) is 38.5 Å². The van der Waals surface area contributed by atoms with E-state index in [4.69, 9.17) is 16.3 Å². The van der Waals surface area contributed by atoms with Crippen LogP contribution in [-0.2, 0) is 14.3 Å². The Hall–Kier alpha value is -0.570. The monoisotopic (exact) mass is 248 g/mol. The zero-order chi connectivity index (χ0) is 12.2. The molecule has 0 heterocycles. The molecule has 0 bridgehead atoms. The highest BCUT2D eigenvalue weighted by atomic mass is 35.5. The van der Waals surface area contributed by atoms with Crippen LogP contribution in [0.4, 0.5) is 0 Å². The Morgan fingerprint density at radius 2 is 1.44 bits per heavy atom. The van der Waals surface area contributed by atoms with Crippen LogP contribution in [0.1, 0.15) is 58.3 Å². The average Bonchev–Trinajstić information content (AvgIpc) is 2.20. The van der Waals surface area contributed by atoms with Gasteiger partial charge in [0.1, 0.15) is 0 Å². The maximum Gasteiger partial charge on any atom is 0.302 e. The molecule has 0 aliphatic carbocycles. The van der Waals surface area contributed by atoms with Crippen molar-refractivity contribution in [3.8, 4) is 0 Å². The van der Waals surface area contributed by atoms with Crippen molar-refractivity contribution in [3.05, 3.63) is 0 Å². The topological polar surface area (TPSA) is 43.4 Å². The molecule has 0 fully saturated rings. The molecule has 0 saturated heterocycles. The number of rotatable bonds is 10. The first-order chi connectivity index (χ1) is 7.63. The molecule has 0 aromatic rings. The summed E-state index contributed by atoms with van der Waals surface area (Å²) >= 11 is 5.22. The van der Waals surface area contributed by atoms with Gasteiger partial charge in [0.15, 0.2) is 0 Å². The van der Waals surface area contributed by atoms with Gasteiger partial charge in [-0.05, 0) is 24.4 Å². The minimum Gasteiger partial charge on any atom is -0.466 e. The van der Waals surface area contributed by atoms with Crippen molar-refractivity contribution in [2.75, 3.05) is 6.61 Å². The van der Waals surface area contributed by atoms with Crippen molar-refractivity contribution in [1.82, 2.24) is 0 Å². The van der Waals surface area contributed by atoms with Crippen LogP contribution in [0.15, 0.2) is 0 Å². The second-order valence-corrected chi connectivity index (χ2v) is 4.34. The van der Waals surface area contributed by atoms with Gasteiger partial charge in [0.2, 0.25) is 5.24 Å². The minimum atomic E-state index is -0.235. The van der Waals surface area contributed by atoms with E-state index in [-0.39, 0.29) is 11.2 Å². The maximum atomic E-state index is 10.4. The molecule has 0 amide bonds. The molecule has 4 heteroatoms. The number of carbonyl (C=O) groups is 2. The number of carbonyl (C=O) groups excluding carboxylic acids is 2. The third-order valence-electron chi connectivity index (χ3n) is 2.32. The summed E-state index contributed by atoms with van der Waals surface area (Å²) in [6.45, 7) is 1.97. The van der Waals surface area contributed by atoms with E-state index in [1.807, 2.05) is 0 Å². The SMILES string of the molecule is CC(=O)OCCCCCCCCCC(=O)Cl. The number of halogens is 1. The summed E-state index contributed by atoms with van der Waals surface area (Å²) in [6.07, 6.45) is 8.00. The summed E-state index contributed by atoms with van der Waals surface area (Å²) in [5.41, 5.74) is 0. The Morgan fingerprint density at radius 1 is 0.938 bits per heavy atom. The van der Waals surface area contributed by atoms with Crippen LogP contribution in [-0.4, -0.2) is 17.8 Å². The first-order valence-corrected chi connectivity index (χ1v) is 6.32. The van der Waals surface area contributed by atoms with Crippen LogP contribution in [0.5, 0.6) is 0 Å². The van der Waals surface area contributed by atoms with E-state index in [9.17, 15) is 9.59 Å². The Balaban J connectivity index is 2.98. The molecule has 0 radical (unpaired) electrons. The van der Waals surface area contributed by atoms with Crippen LogP contribution in [0, 0.1) is 0 Å². The Kier molecular flexibility index (Phi) is 10.5. The first-order valence-electron chi connectivity index (χ1n) is 5.94. The molecule has 0 N–H and O–H groups in total. The van der Waals surface area contributed by atoms with E-state index >= 15 is 0 Å². The van der Waals surface area contributed by atoms with Gasteiger partial charge in [0.05, 0.1) is 6.61 Å². The molecule has 0 saturated carbocycles. The molecule has 94 valence electrons. The van der Waals surface area contributed by atoms with Crippen molar-refractivity contribution >= 4 is 22.8 Å². The number of unbranched alkanes of at least 4 members (excludes halogenated alkanes) is 6. The number of hydrogen-bond donors (Lipinski definition) is 0. The van der Waals surface area contributed by atoms with Crippen LogP contribution in [0.25, 0.3) is 0 Å². The predicted molar refractivity (Wildman–Crippen MR) is 64.4 cm³/mol. The minimum absolute atomic E-state index is 0.203. The number of hydrogen-bond acceptors (Lipinski definition) is 3. The van der Waals surface area contributed by atoms with Crippen molar-refractivity contribution in [1.29, 1.82) is 0 Å². The van der Waals surface area contributed by atoms with Crippen molar-refractivity contribution in [2.45, 2.75) is 58.3 Å². The van der Waals surface area contributed by atoms with Gasteiger partial charge in [-0.1, -0.05) is 32.1 Å². The first kappa shape index (κ1) is 15.4. The standard InChI is InChI=1S/C12H21ClO3/c1-11(14)16-10-8-6-4-2-3-5-7-9-12(13)15/h2-10H2,1H3. The molecule has 0 aromatic carbocycles. The summed E-state index contributed by atoms with van der Waals surface area (Å²) in [6, 6.07) is 0. The van der Waals surface area contributed by atoms with E-state index in [0.29, 0.717) is 13.0 Å². The number of esters is 1. The molecule has 16 heavy (non-hydrogen) atoms. The van der Waals surface area contributed by atoms with E-state index < -0.39 is 0 Å². The smallest absolute Gasteiger partial charge is 0.302 e. The Morgan fingerprint density at radius 3 is 1.94 bits per heavy atom. The third kappa shape index (κ3) is 13.4. The molecule has 0 aliphatic rings. The van der Waals surface area contributed by atoms with Crippen molar-refractivity contribution < 1.29 is 14.3 Å². The quantitative estimate of drug-likeness (QED) is 0.338. The highest BCUT2D eigenvalue weighted by Gasteiger charge is 1.96. The van der Waals surface area contributed by atoms with Crippen molar-refractivity contribution in [2.24, 2.45) is 0 Å². The third-order valence-corrected chi connectivity index (χ3v) is 2.51. The summed E-state index contributed by atoms with van der Waals surface area (Å²) in [7, 11) is 0. The van der Waals surface area contributed by atoms with Gasteiger partial charge in [-0.25, -0.2) is 0 Å². The van der Waals surface area contributed by atoms with E-state index in [1.54, 1.807) is 0 Å². The maximum absolute atomic E-state index is 10.4. The normalized spacial score (nSPS) is 10.1. The van der Waals surface area contributed by atoms with E-state index in [1.165, 1.54) is 13.3 Å². The Bertz CT molecular complexity index is 182. The molecule has 3 nitrogen and oxygen atoms in total. The molecule has 0 aromatic heterocycles. The van der Waals surface area contributed by atoms with Crippen LogP contribution < -0.4 is 0 Å². The fourth-order valence-electron chi connectivity index (χ4n) is 1.47. The zero-order valence-electron chi connectivity index (χ0n) is 9.97. The predicted octanol–water partition coefficient (Wildman–Crippen LogP) is 3.44. The summed E-state index contributed by atoms with van der Waals surface area (Å²) < 4.78 is 4.82. The van der Waals surface area contributed by atoms with Gasteiger partial charge < -0.3 is 4.74 Å². The molecule has 0 atom stereocenters. The second kappa shape index (κ2) is 10.9. The molecule has 0 aliphatic heterocycles. The lowest BCUT2D eigenvalue weighted by Crippen LogP contribution is -2.00. The number of ether oxygens (including phenoxy) is 1. The van der Waals surface area contributed by atoms with Gasteiger partial charge in [0, 0.05) is 13.3 Å². The summed E-state index contributed by atoms with van der Waals surface area (Å²) in [5.74, 6) is -0.203. The lowest BCUT2D eigenvalue weighted by molar-refractivity contribution is -0.141. The average molecular weight is 249 g/mol. The van der Waals surface area contributed by atoms with Crippen LogP contribution in [0.3, 0.4) is 0 Å². The van der Waals surface area contributed by atoms with Crippen LogP contribution >= 0.6 is 11.6 Å². The van der Waals surface area contributed by atoms with Gasteiger partial charge in [-0.15, -0.1) is 0 Å². The summed E-state index contributed by atoms with van der Waals surface area (Å²) in [5, 5.41) is -0.235. The lowest BCUT2D eigenvalue weighted by Gasteiger charge is -2.02. The fourth-order valence-corrected chi connectivity index (χ4v) is 1.60. The van der Waals surface area contributed by atoms with Gasteiger partial charge in [0.25, 0.3) is 0 Å². The van der Waals surface area contributed by atoms with Gasteiger partial charge in [-0.2, -0.15) is 0 Å². The lowest BCUT2D eigenvalue weighted by atomic mass is 10.1. The van der Waals surface area contributed by atoms with E-state index in [2.05, 4.69) is 0 Å².